The van der Waals surface area contributed by atoms with Gasteiger partial charge in [0.2, 0.25) is 5.91 Å². The van der Waals surface area contributed by atoms with Gasteiger partial charge in [-0.3, -0.25) is 9.59 Å². The Balaban J connectivity index is 2.06. The van der Waals surface area contributed by atoms with Crippen molar-refractivity contribution < 1.29 is 14.3 Å². The molecule has 144 valence electrons. The van der Waals surface area contributed by atoms with Gasteiger partial charge in [0.05, 0.1) is 12.6 Å². The molecule has 0 atom stereocenters. The van der Waals surface area contributed by atoms with E-state index in [0.717, 1.165) is 30.4 Å². The third-order valence-corrected chi connectivity index (χ3v) is 4.53. The number of esters is 1. The maximum Gasteiger partial charge on any atom is 0.305 e. The van der Waals surface area contributed by atoms with E-state index in [2.05, 4.69) is 24.3 Å². The van der Waals surface area contributed by atoms with Crippen LogP contribution < -0.4 is 0 Å². The van der Waals surface area contributed by atoms with Crippen molar-refractivity contribution in [2.75, 3.05) is 13.2 Å². The van der Waals surface area contributed by atoms with E-state index in [1.165, 1.54) is 0 Å². The van der Waals surface area contributed by atoms with Crippen LogP contribution in [0.3, 0.4) is 0 Å². The predicted molar refractivity (Wildman–Crippen MR) is 107 cm³/mol. The number of carbonyl (C=O) groups is 2. The first kappa shape index (κ1) is 20.7. The lowest BCUT2D eigenvalue weighted by Gasteiger charge is -2.32. The van der Waals surface area contributed by atoms with Crippen LogP contribution in [0.25, 0.3) is 0 Å². The number of benzene rings is 2. The summed E-state index contributed by atoms with van der Waals surface area (Å²) in [6.45, 7) is 4.52. The number of amides is 1. The van der Waals surface area contributed by atoms with Crippen LogP contribution in [0, 0.1) is 0 Å². The first-order valence-electron chi connectivity index (χ1n) is 9.66. The molecule has 0 saturated heterocycles. The van der Waals surface area contributed by atoms with E-state index in [1.807, 2.05) is 48.2 Å². The Morgan fingerprint density at radius 3 is 1.93 bits per heavy atom. The molecule has 0 aliphatic carbocycles. The van der Waals surface area contributed by atoms with Crippen molar-refractivity contribution in [3.8, 4) is 0 Å². The molecule has 0 fully saturated rings. The lowest BCUT2D eigenvalue weighted by atomic mass is 9.96. The van der Waals surface area contributed by atoms with Gasteiger partial charge in [0.1, 0.15) is 0 Å². The molecule has 0 saturated carbocycles. The van der Waals surface area contributed by atoms with Gasteiger partial charge in [0.25, 0.3) is 0 Å². The molecule has 0 aliphatic rings. The highest BCUT2D eigenvalue weighted by Crippen LogP contribution is 2.29. The van der Waals surface area contributed by atoms with Crippen LogP contribution in [0.15, 0.2) is 60.7 Å². The van der Waals surface area contributed by atoms with Crippen molar-refractivity contribution in [1.82, 2.24) is 4.90 Å². The summed E-state index contributed by atoms with van der Waals surface area (Å²) in [4.78, 5) is 25.8. The van der Waals surface area contributed by atoms with Crippen LogP contribution in [0.2, 0.25) is 0 Å². The normalized spacial score (nSPS) is 10.6. The number of nitrogens with zero attached hydrogens (tertiary/aromatic N) is 1. The maximum atomic E-state index is 12.4. The van der Waals surface area contributed by atoms with Crippen molar-refractivity contribution in [3.05, 3.63) is 71.8 Å². The van der Waals surface area contributed by atoms with Crippen LogP contribution in [-0.4, -0.2) is 29.9 Å². The molecule has 1 amide bonds. The molecule has 2 aromatic carbocycles. The van der Waals surface area contributed by atoms with Gasteiger partial charge in [-0.15, -0.1) is 0 Å². The number of ether oxygens (including phenoxy) is 1. The summed E-state index contributed by atoms with van der Waals surface area (Å²) >= 11 is 0. The van der Waals surface area contributed by atoms with Crippen molar-refractivity contribution >= 4 is 11.9 Å². The van der Waals surface area contributed by atoms with Crippen LogP contribution in [0.1, 0.15) is 56.7 Å². The third kappa shape index (κ3) is 6.55. The smallest absolute Gasteiger partial charge is 0.305 e. The standard InChI is InChI=1S/C23H29NO3/c1-3-27-22(26)17-11-6-12-18-24(19(2)25)23(20-13-7-4-8-14-20)21-15-9-5-10-16-21/h4-5,7-10,13-16,23H,3,6,11-12,17-18H2,1-2H3. The molecule has 4 heteroatoms. The fraction of sp³-hybridized carbons (Fsp3) is 0.391. The Hall–Kier alpha value is -2.62. The summed E-state index contributed by atoms with van der Waals surface area (Å²) in [7, 11) is 0. The molecule has 0 radical (unpaired) electrons. The zero-order valence-electron chi connectivity index (χ0n) is 16.3. The first-order valence-corrected chi connectivity index (χ1v) is 9.66. The SMILES string of the molecule is CCOC(=O)CCCCCN(C(C)=O)C(c1ccccc1)c1ccccc1. The van der Waals surface area contributed by atoms with Gasteiger partial charge in [-0.2, -0.15) is 0 Å². The molecule has 4 nitrogen and oxygen atoms in total. The number of hydrogen-bond donors (Lipinski definition) is 0. The van der Waals surface area contributed by atoms with E-state index >= 15 is 0 Å². The van der Waals surface area contributed by atoms with Crippen molar-refractivity contribution in [3.63, 3.8) is 0 Å². The lowest BCUT2D eigenvalue weighted by molar-refractivity contribution is -0.143. The monoisotopic (exact) mass is 367 g/mol. The summed E-state index contributed by atoms with van der Waals surface area (Å²) < 4.78 is 4.96. The summed E-state index contributed by atoms with van der Waals surface area (Å²) in [5, 5.41) is 0. The average molecular weight is 367 g/mol. The molecule has 0 heterocycles. The maximum absolute atomic E-state index is 12.4. The van der Waals surface area contributed by atoms with Crippen LogP contribution >= 0.6 is 0 Å². The second-order valence-electron chi connectivity index (χ2n) is 6.55. The van der Waals surface area contributed by atoms with E-state index in [9.17, 15) is 9.59 Å². The van der Waals surface area contributed by atoms with Gasteiger partial charge in [-0.1, -0.05) is 67.1 Å². The Kier molecular flexibility index (Phi) is 8.56. The molecule has 0 aromatic heterocycles. The molecule has 2 rings (SSSR count). The molecule has 0 N–H and O–H groups in total. The van der Waals surface area contributed by atoms with E-state index in [1.54, 1.807) is 6.92 Å². The van der Waals surface area contributed by atoms with E-state index in [0.29, 0.717) is 19.6 Å². The quantitative estimate of drug-likeness (QED) is 0.450. The highest BCUT2D eigenvalue weighted by Gasteiger charge is 2.24. The van der Waals surface area contributed by atoms with Gasteiger partial charge in [0.15, 0.2) is 0 Å². The summed E-state index contributed by atoms with van der Waals surface area (Å²) in [5.41, 5.74) is 2.20. The minimum absolute atomic E-state index is 0.0538. The van der Waals surface area contributed by atoms with Gasteiger partial charge >= 0.3 is 5.97 Å². The minimum Gasteiger partial charge on any atom is -0.466 e. The number of unbranched alkanes of at least 4 members (excludes halogenated alkanes) is 2. The van der Waals surface area contributed by atoms with Crippen LogP contribution in [0.5, 0.6) is 0 Å². The van der Waals surface area contributed by atoms with Gasteiger partial charge in [-0.25, -0.2) is 0 Å². The highest BCUT2D eigenvalue weighted by molar-refractivity contribution is 5.74. The summed E-state index contributed by atoms with van der Waals surface area (Å²) in [6, 6.07) is 20.1. The van der Waals surface area contributed by atoms with Gasteiger partial charge in [-0.05, 0) is 30.9 Å². The lowest BCUT2D eigenvalue weighted by Crippen LogP contribution is -2.34. The zero-order chi connectivity index (χ0) is 19.5. The second kappa shape index (κ2) is 11.2. The fourth-order valence-electron chi connectivity index (χ4n) is 3.25. The molecule has 0 aliphatic heterocycles. The minimum atomic E-state index is -0.146. The van der Waals surface area contributed by atoms with Crippen LogP contribution in [-0.2, 0) is 14.3 Å². The zero-order valence-corrected chi connectivity index (χ0v) is 16.3. The average Bonchev–Trinajstić information content (AvgIpc) is 2.68. The molecule has 2 aromatic rings. The number of carbonyl (C=O) groups excluding carboxylic acids is 2. The fourth-order valence-corrected chi connectivity index (χ4v) is 3.25. The molecule has 0 unspecified atom stereocenters. The van der Waals surface area contributed by atoms with E-state index in [4.69, 9.17) is 4.74 Å². The van der Waals surface area contributed by atoms with Crippen molar-refractivity contribution in [2.45, 2.75) is 45.6 Å². The Bertz CT molecular complexity index is 661. The van der Waals surface area contributed by atoms with Crippen molar-refractivity contribution in [1.29, 1.82) is 0 Å². The van der Waals surface area contributed by atoms with Crippen LogP contribution in [0.4, 0.5) is 0 Å². The molecule has 0 bridgehead atoms. The van der Waals surface area contributed by atoms with Crippen molar-refractivity contribution in [2.24, 2.45) is 0 Å². The second-order valence-corrected chi connectivity index (χ2v) is 6.55. The Morgan fingerprint density at radius 2 is 1.44 bits per heavy atom. The molecule has 27 heavy (non-hydrogen) atoms. The Morgan fingerprint density at radius 1 is 0.889 bits per heavy atom. The van der Waals surface area contributed by atoms with E-state index in [-0.39, 0.29) is 17.9 Å². The number of hydrogen-bond acceptors (Lipinski definition) is 3. The molecular weight excluding hydrogens is 338 g/mol. The topological polar surface area (TPSA) is 46.6 Å². The van der Waals surface area contributed by atoms with Gasteiger partial charge < -0.3 is 9.64 Å². The largest absolute Gasteiger partial charge is 0.466 e. The molecule has 0 spiro atoms. The van der Waals surface area contributed by atoms with Gasteiger partial charge in [0, 0.05) is 19.9 Å². The summed E-state index contributed by atoms with van der Waals surface area (Å²) in [5.74, 6) is -0.0922. The Labute approximate surface area is 162 Å². The highest BCUT2D eigenvalue weighted by atomic mass is 16.5. The first-order chi connectivity index (χ1) is 13.1. The summed E-state index contributed by atoms with van der Waals surface area (Å²) in [6.07, 6.45) is 2.97. The molecular formula is C23H29NO3. The number of rotatable bonds is 10. The third-order valence-electron chi connectivity index (χ3n) is 4.53. The van der Waals surface area contributed by atoms with E-state index < -0.39 is 0 Å². The predicted octanol–water partition coefficient (Wildman–Crippen LogP) is 4.75.